The van der Waals surface area contributed by atoms with E-state index in [0.717, 1.165) is 0 Å². The lowest BCUT2D eigenvalue weighted by Crippen LogP contribution is -2.36. The Morgan fingerprint density at radius 3 is 1.83 bits per heavy atom. The normalized spacial score (nSPS) is 23.6. The molecule has 0 radical (unpaired) electrons. The summed E-state index contributed by atoms with van der Waals surface area (Å²) in [7, 11) is 0. The lowest BCUT2D eigenvalue weighted by Gasteiger charge is -2.18. The molecule has 3 nitrogen and oxygen atoms in total. The minimum absolute atomic E-state index is 0.0786. The minimum atomic E-state index is -0.366. The van der Waals surface area contributed by atoms with Crippen LogP contribution in [0.1, 0.15) is 25.0 Å². The molecule has 0 saturated heterocycles. The summed E-state index contributed by atoms with van der Waals surface area (Å²) in [5.41, 5.74) is 2.40. The van der Waals surface area contributed by atoms with Gasteiger partial charge in [0.25, 0.3) is 0 Å². The first-order valence-corrected chi connectivity index (χ1v) is 6.60. The van der Waals surface area contributed by atoms with Gasteiger partial charge in [-0.25, -0.2) is 0 Å². The fourth-order valence-corrected chi connectivity index (χ4v) is 2.45. The second kappa shape index (κ2) is 6.12. The zero-order chi connectivity index (χ0) is 13.0. The van der Waals surface area contributed by atoms with Crippen molar-refractivity contribution in [1.29, 1.82) is 0 Å². The SMILES string of the molecule is CCOC1Cc2ccccc2CC(OCC)C1=O. The molecule has 0 heterocycles. The molecule has 1 aliphatic carbocycles. The summed E-state index contributed by atoms with van der Waals surface area (Å²) < 4.78 is 11.2. The molecular formula is C15H20O3. The van der Waals surface area contributed by atoms with Gasteiger partial charge in [0, 0.05) is 26.1 Å². The average Bonchev–Trinajstić information content (AvgIpc) is 2.50. The standard InChI is InChI=1S/C15H20O3/c1-3-17-13-9-11-7-5-6-8-12(11)10-14(15(13)16)18-4-2/h5-8,13-14H,3-4,9-10H2,1-2H3. The molecule has 0 amide bonds. The van der Waals surface area contributed by atoms with Crippen LogP contribution in [0.15, 0.2) is 24.3 Å². The number of ketones is 1. The fraction of sp³-hybridized carbons (Fsp3) is 0.533. The first-order chi connectivity index (χ1) is 8.76. The van der Waals surface area contributed by atoms with Gasteiger partial charge in [-0.05, 0) is 25.0 Å². The molecule has 2 atom stereocenters. The average molecular weight is 248 g/mol. The van der Waals surface area contributed by atoms with Crippen molar-refractivity contribution in [2.24, 2.45) is 0 Å². The summed E-state index contributed by atoms with van der Waals surface area (Å²) in [6.07, 6.45) is 0.587. The summed E-state index contributed by atoms with van der Waals surface area (Å²) >= 11 is 0. The molecule has 0 bridgehead atoms. The number of Topliss-reactive ketones (excluding diaryl/α,β-unsaturated/α-hetero) is 1. The Kier molecular flexibility index (Phi) is 4.50. The monoisotopic (exact) mass is 248 g/mol. The second-order valence-corrected chi connectivity index (χ2v) is 4.47. The highest BCUT2D eigenvalue weighted by Crippen LogP contribution is 2.22. The van der Waals surface area contributed by atoms with Crippen molar-refractivity contribution >= 4 is 5.78 Å². The Hall–Kier alpha value is -1.19. The summed E-state index contributed by atoms with van der Waals surface area (Å²) in [6.45, 7) is 4.94. The third-order valence-corrected chi connectivity index (χ3v) is 3.30. The van der Waals surface area contributed by atoms with Crippen LogP contribution in [0.5, 0.6) is 0 Å². The highest BCUT2D eigenvalue weighted by molar-refractivity contribution is 5.88. The Balaban J connectivity index is 2.28. The van der Waals surface area contributed by atoms with Crippen LogP contribution in [-0.2, 0) is 27.1 Å². The number of carbonyl (C=O) groups is 1. The molecule has 1 aromatic rings. The molecule has 0 N–H and O–H groups in total. The van der Waals surface area contributed by atoms with Crippen molar-refractivity contribution < 1.29 is 14.3 Å². The van der Waals surface area contributed by atoms with Crippen LogP contribution in [0.2, 0.25) is 0 Å². The largest absolute Gasteiger partial charge is 0.370 e. The highest BCUT2D eigenvalue weighted by atomic mass is 16.5. The fourth-order valence-electron chi connectivity index (χ4n) is 2.45. The molecule has 0 aliphatic heterocycles. The smallest absolute Gasteiger partial charge is 0.190 e. The molecule has 0 saturated carbocycles. The van der Waals surface area contributed by atoms with Crippen LogP contribution < -0.4 is 0 Å². The van der Waals surface area contributed by atoms with Gasteiger partial charge in [-0.15, -0.1) is 0 Å². The number of rotatable bonds is 4. The van der Waals surface area contributed by atoms with E-state index in [1.165, 1.54) is 11.1 Å². The van der Waals surface area contributed by atoms with Crippen molar-refractivity contribution in [2.75, 3.05) is 13.2 Å². The molecule has 0 spiro atoms. The summed E-state index contributed by atoms with van der Waals surface area (Å²) in [5, 5.41) is 0. The number of fused-ring (bicyclic) bond motifs is 1. The molecule has 18 heavy (non-hydrogen) atoms. The van der Waals surface area contributed by atoms with Gasteiger partial charge in [-0.2, -0.15) is 0 Å². The van der Waals surface area contributed by atoms with Crippen molar-refractivity contribution in [3.05, 3.63) is 35.4 Å². The van der Waals surface area contributed by atoms with Crippen LogP contribution >= 0.6 is 0 Å². The van der Waals surface area contributed by atoms with Crippen molar-refractivity contribution in [1.82, 2.24) is 0 Å². The van der Waals surface area contributed by atoms with Gasteiger partial charge < -0.3 is 9.47 Å². The molecule has 2 unspecified atom stereocenters. The van der Waals surface area contributed by atoms with Gasteiger partial charge in [0.2, 0.25) is 0 Å². The number of hydrogen-bond acceptors (Lipinski definition) is 3. The Morgan fingerprint density at radius 2 is 1.44 bits per heavy atom. The Bertz CT molecular complexity index is 377. The topological polar surface area (TPSA) is 35.5 Å². The van der Waals surface area contributed by atoms with E-state index in [4.69, 9.17) is 9.47 Å². The van der Waals surface area contributed by atoms with Crippen molar-refractivity contribution in [3.8, 4) is 0 Å². The van der Waals surface area contributed by atoms with E-state index in [1.54, 1.807) is 0 Å². The van der Waals surface area contributed by atoms with E-state index in [2.05, 4.69) is 12.1 Å². The first kappa shape index (κ1) is 13.2. The van der Waals surface area contributed by atoms with E-state index in [-0.39, 0.29) is 18.0 Å². The van der Waals surface area contributed by atoms with Crippen LogP contribution in [0.3, 0.4) is 0 Å². The molecule has 0 fully saturated rings. The Labute approximate surface area is 108 Å². The zero-order valence-electron chi connectivity index (χ0n) is 11.0. The van der Waals surface area contributed by atoms with Gasteiger partial charge in [0.15, 0.2) is 5.78 Å². The molecular weight excluding hydrogens is 228 g/mol. The maximum atomic E-state index is 12.3. The number of ether oxygens (including phenoxy) is 2. The molecule has 1 aromatic carbocycles. The first-order valence-electron chi connectivity index (χ1n) is 6.60. The number of hydrogen-bond donors (Lipinski definition) is 0. The molecule has 0 aromatic heterocycles. The Morgan fingerprint density at radius 1 is 1.00 bits per heavy atom. The van der Waals surface area contributed by atoms with E-state index >= 15 is 0 Å². The van der Waals surface area contributed by atoms with Crippen molar-refractivity contribution in [3.63, 3.8) is 0 Å². The minimum Gasteiger partial charge on any atom is -0.370 e. The van der Waals surface area contributed by atoms with E-state index in [1.807, 2.05) is 26.0 Å². The van der Waals surface area contributed by atoms with Crippen LogP contribution in [-0.4, -0.2) is 31.2 Å². The van der Waals surface area contributed by atoms with E-state index < -0.39 is 0 Å². The van der Waals surface area contributed by atoms with Gasteiger partial charge in [-0.3, -0.25) is 4.79 Å². The number of benzene rings is 1. The second-order valence-electron chi connectivity index (χ2n) is 4.47. The lowest BCUT2D eigenvalue weighted by molar-refractivity contribution is -0.141. The molecule has 1 aliphatic rings. The predicted octanol–water partition coefficient (Wildman–Crippen LogP) is 2.16. The molecule has 2 rings (SSSR count). The third-order valence-electron chi connectivity index (χ3n) is 3.30. The van der Waals surface area contributed by atoms with Crippen molar-refractivity contribution in [2.45, 2.75) is 38.9 Å². The van der Waals surface area contributed by atoms with Gasteiger partial charge >= 0.3 is 0 Å². The van der Waals surface area contributed by atoms with Crippen LogP contribution in [0, 0.1) is 0 Å². The quantitative estimate of drug-likeness (QED) is 0.766. The summed E-state index contributed by atoms with van der Waals surface area (Å²) in [6, 6.07) is 8.16. The lowest BCUT2D eigenvalue weighted by atomic mass is 10.0. The summed E-state index contributed by atoms with van der Waals surface area (Å²) in [4.78, 5) is 12.3. The zero-order valence-corrected chi connectivity index (χ0v) is 11.0. The maximum Gasteiger partial charge on any atom is 0.190 e. The van der Waals surface area contributed by atoms with E-state index in [9.17, 15) is 4.79 Å². The predicted molar refractivity (Wildman–Crippen MR) is 69.7 cm³/mol. The van der Waals surface area contributed by atoms with Gasteiger partial charge in [0.1, 0.15) is 12.2 Å². The summed E-state index contributed by atoms with van der Waals surface area (Å²) in [5.74, 6) is 0.0786. The highest BCUT2D eigenvalue weighted by Gasteiger charge is 2.32. The van der Waals surface area contributed by atoms with Crippen LogP contribution in [0.25, 0.3) is 0 Å². The van der Waals surface area contributed by atoms with Crippen LogP contribution in [0.4, 0.5) is 0 Å². The van der Waals surface area contributed by atoms with Gasteiger partial charge in [-0.1, -0.05) is 24.3 Å². The molecule has 98 valence electrons. The third kappa shape index (κ3) is 2.79. The van der Waals surface area contributed by atoms with Gasteiger partial charge in [0.05, 0.1) is 0 Å². The molecule has 3 heteroatoms. The maximum absolute atomic E-state index is 12.3. The number of carbonyl (C=O) groups excluding carboxylic acids is 1. The van der Waals surface area contributed by atoms with E-state index in [0.29, 0.717) is 26.1 Å².